The third-order valence-electron chi connectivity index (χ3n) is 4.50. The lowest BCUT2D eigenvalue weighted by molar-refractivity contribution is -0.145. The molecule has 0 rings (SSSR count). The first kappa shape index (κ1) is 24.9. The van der Waals surface area contributed by atoms with E-state index in [1.165, 1.54) is 0 Å². The molecule has 6 heteroatoms. The van der Waals surface area contributed by atoms with E-state index in [-0.39, 0.29) is 25.2 Å². The van der Waals surface area contributed by atoms with Gasteiger partial charge in [0.1, 0.15) is 0 Å². The van der Waals surface area contributed by atoms with Crippen LogP contribution in [0.5, 0.6) is 0 Å². The summed E-state index contributed by atoms with van der Waals surface area (Å²) in [6.45, 7) is 5.25. The fraction of sp³-hybridized carbons (Fsp3) is 0.900. The number of rotatable bonds is 17. The molecule has 0 aliphatic carbocycles. The highest BCUT2D eigenvalue weighted by Gasteiger charge is 2.07. The fourth-order valence-corrected chi connectivity index (χ4v) is 2.51. The van der Waals surface area contributed by atoms with Crippen LogP contribution < -0.4 is 0 Å². The Morgan fingerprint density at radius 3 is 1.42 bits per heavy atom. The Balaban J connectivity index is 3.43. The maximum atomic E-state index is 11.6. The van der Waals surface area contributed by atoms with Crippen molar-refractivity contribution in [1.82, 2.24) is 0 Å². The summed E-state index contributed by atoms with van der Waals surface area (Å²) in [7, 11) is 0. The van der Waals surface area contributed by atoms with Crippen molar-refractivity contribution in [3.05, 3.63) is 0 Å². The van der Waals surface area contributed by atoms with Crippen LogP contribution in [0.15, 0.2) is 0 Å². The van der Waals surface area contributed by atoms with E-state index in [0.29, 0.717) is 37.9 Å². The number of carbonyl (C=O) groups excluding carboxylic acids is 2. The Morgan fingerprint density at radius 2 is 1.08 bits per heavy atom. The zero-order valence-electron chi connectivity index (χ0n) is 16.6. The largest absolute Gasteiger partial charge is 0.466 e. The number of ether oxygens (including phenoxy) is 2. The van der Waals surface area contributed by atoms with Gasteiger partial charge in [0.2, 0.25) is 0 Å². The van der Waals surface area contributed by atoms with Gasteiger partial charge in [-0.3, -0.25) is 9.59 Å². The van der Waals surface area contributed by atoms with Gasteiger partial charge in [0.25, 0.3) is 0 Å². The molecule has 0 radical (unpaired) electrons. The van der Waals surface area contributed by atoms with Gasteiger partial charge < -0.3 is 19.7 Å². The quantitative estimate of drug-likeness (QED) is 0.300. The van der Waals surface area contributed by atoms with Crippen LogP contribution in [-0.4, -0.2) is 48.6 Å². The maximum absolute atomic E-state index is 11.6. The summed E-state index contributed by atoms with van der Waals surface area (Å²) in [4.78, 5) is 23.2. The van der Waals surface area contributed by atoms with Crippen molar-refractivity contribution < 1.29 is 29.3 Å². The molecular formula is C20H38O6. The normalized spacial score (nSPS) is 13.2. The minimum absolute atomic E-state index is 0.169. The lowest BCUT2D eigenvalue weighted by atomic mass is 10.1. The molecule has 6 nitrogen and oxygen atoms in total. The predicted octanol–water partition coefficient (Wildman–Crippen LogP) is 3.23. The smallest absolute Gasteiger partial charge is 0.305 e. The SMILES string of the molecule is CC(CCO)CCOC(=O)CCCCCCC(=O)OCCC(C)CCO. The van der Waals surface area contributed by atoms with Crippen LogP contribution in [0, 0.1) is 11.8 Å². The molecule has 2 atom stereocenters. The van der Waals surface area contributed by atoms with Gasteiger partial charge in [-0.1, -0.05) is 26.7 Å². The number of hydrogen-bond donors (Lipinski definition) is 2. The molecule has 2 unspecified atom stereocenters. The number of unbranched alkanes of at least 4 members (excludes halogenated alkanes) is 3. The van der Waals surface area contributed by atoms with Gasteiger partial charge in [-0.15, -0.1) is 0 Å². The minimum Gasteiger partial charge on any atom is -0.466 e. The third kappa shape index (κ3) is 16.3. The van der Waals surface area contributed by atoms with Gasteiger partial charge >= 0.3 is 11.9 Å². The third-order valence-corrected chi connectivity index (χ3v) is 4.50. The first-order valence-electron chi connectivity index (χ1n) is 10.0. The summed E-state index contributed by atoms with van der Waals surface area (Å²) in [5.74, 6) is 0.395. The lowest BCUT2D eigenvalue weighted by Crippen LogP contribution is -2.10. The van der Waals surface area contributed by atoms with Crippen molar-refractivity contribution in [3.63, 3.8) is 0 Å². The Labute approximate surface area is 158 Å². The first-order valence-corrected chi connectivity index (χ1v) is 10.0. The lowest BCUT2D eigenvalue weighted by Gasteiger charge is -2.10. The van der Waals surface area contributed by atoms with E-state index in [2.05, 4.69) is 0 Å². The van der Waals surface area contributed by atoms with Crippen LogP contribution >= 0.6 is 0 Å². The van der Waals surface area contributed by atoms with Crippen molar-refractivity contribution in [2.45, 2.75) is 78.1 Å². The summed E-state index contributed by atoms with van der Waals surface area (Å²) in [6, 6.07) is 0. The zero-order chi connectivity index (χ0) is 19.6. The van der Waals surface area contributed by atoms with Crippen molar-refractivity contribution in [1.29, 1.82) is 0 Å². The van der Waals surface area contributed by atoms with Gasteiger partial charge in [0.15, 0.2) is 0 Å². The molecule has 26 heavy (non-hydrogen) atoms. The van der Waals surface area contributed by atoms with Gasteiger partial charge in [-0.25, -0.2) is 0 Å². The molecule has 0 heterocycles. The predicted molar refractivity (Wildman–Crippen MR) is 101 cm³/mol. The molecule has 0 amide bonds. The van der Waals surface area contributed by atoms with E-state index in [9.17, 15) is 9.59 Å². The van der Waals surface area contributed by atoms with Crippen LogP contribution in [0.25, 0.3) is 0 Å². The minimum atomic E-state index is -0.169. The molecule has 0 saturated carbocycles. The number of aliphatic hydroxyl groups is 2. The highest BCUT2D eigenvalue weighted by molar-refractivity contribution is 5.69. The highest BCUT2D eigenvalue weighted by atomic mass is 16.5. The number of hydrogen-bond acceptors (Lipinski definition) is 6. The molecule has 2 N–H and O–H groups in total. The number of carbonyl (C=O) groups is 2. The molecule has 0 aromatic heterocycles. The van der Waals surface area contributed by atoms with Crippen LogP contribution in [0.1, 0.15) is 78.1 Å². The van der Waals surface area contributed by atoms with Crippen molar-refractivity contribution >= 4 is 11.9 Å². The van der Waals surface area contributed by atoms with E-state index < -0.39 is 0 Å². The molecule has 0 aromatic rings. The van der Waals surface area contributed by atoms with Crippen LogP contribution in [0.2, 0.25) is 0 Å². The van der Waals surface area contributed by atoms with Gasteiger partial charge in [0, 0.05) is 26.1 Å². The summed E-state index contributed by atoms with van der Waals surface area (Å²) in [5.41, 5.74) is 0. The van der Waals surface area contributed by atoms with Crippen molar-refractivity contribution in [3.8, 4) is 0 Å². The molecule has 154 valence electrons. The fourth-order valence-electron chi connectivity index (χ4n) is 2.51. The van der Waals surface area contributed by atoms with E-state index >= 15 is 0 Å². The number of aliphatic hydroxyl groups excluding tert-OH is 2. The standard InChI is InChI=1S/C20H38O6/c1-17(9-13-21)11-15-25-19(23)7-5-3-4-6-8-20(24)26-16-12-18(2)10-14-22/h17-18,21-22H,3-16H2,1-2H3. The van der Waals surface area contributed by atoms with E-state index in [4.69, 9.17) is 19.7 Å². The monoisotopic (exact) mass is 374 g/mol. The Bertz CT molecular complexity index is 324. The second-order valence-corrected chi connectivity index (χ2v) is 7.17. The molecule has 0 bridgehead atoms. The van der Waals surface area contributed by atoms with Crippen molar-refractivity contribution in [2.75, 3.05) is 26.4 Å². The van der Waals surface area contributed by atoms with Crippen LogP contribution in [0.4, 0.5) is 0 Å². The zero-order valence-corrected chi connectivity index (χ0v) is 16.6. The second kappa shape index (κ2) is 17.3. The Kier molecular flexibility index (Phi) is 16.5. The second-order valence-electron chi connectivity index (χ2n) is 7.17. The van der Waals surface area contributed by atoms with E-state index in [0.717, 1.165) is 51.4 Å². The molecule has 0 fully saturated rings. The molecule has 0 aliphatic heterocycles. The maximum Gasteiger partial charge on any atom is 0.305 e. The van der Waals surface area contributed by atoms with E-state index in [1.807, 2.05) is 13.8 Å². The van der Waals surface area contributed by atoms with Gasteiger partial charge in [-0.05, 0) is 50.4 Å². The topological polar surface area (TPSA) is 93.1 Å². The highest BCUT2D eigenvalue weighted by Crippen LogP contribution is 2.10. The molecule has 0 spiro atoms. The summed E-state index contributed by atoms with van der Waals surface area (Å²) in [6.07, 6.45) is 7.23. The summed E-state index contributed by atoms with van der Waals surface area (Å²) < 4.78 is 10.3. The summed E-state index contributed by atoms with van der Waals surface area (Å²) >= 11 is 0. The molecular weight excluding hydrogens is 336 g/mol. The van der Waals surface area contributed by atoms with Crippen LogP contribution in [-0.2, 0) is 19.1 Å². The Morgan fingerprint density at radius 1 is 0.692 bits per heavy atom. The van der Waals surface area contributed by atoms with Crippen molar-refractivity contribution in [2.24, 2.45) is 11.8 Å². The van der Waals surface area contributed by atoms with Crippen LogP contribution in [0.3, 0.4) is 0 Å². The Hall–Kier alpha value is -1.14. The molecule has 0 aliphatic rings. The van der Waals surface area contributed by atoms with E-state index in [1.54, 1.807) is 0 Å². The van der Waals surface area contributed by atoms with Gasteiger partial charge in [-0.2, -0.15) is 0 Å². The average molecular weight is 375 g/mol. The average Bonchev–Trinajstić information content (AvgIpc) is 2.58. The van der Waals surface area contributed by atoms with Gasteiger partial charge in [0.05, 0.1) is 13.2 Å². The number of esters is 2. The molecule has 0 aromatic carbocycles. The molecule has 0 saturated heterocycles. The summed E-state index contributed by atoms with van der Waals surface area (Å²) in [5, 5.41) is 17.6. The first-order chi connectivity index (χ1) is 12.5.